The summed E-state index contributed by atoms with van der Waals surface area (Å²) in [4.78, 5) is 26.3. The molecule has 16 unspecified atom stereocenters. The van der Waals surface area contributed by atoms with E-state index in [4.69, 9.17) is 14.2 Å². The Kier molecular flexibility index (Phi) is 20.8. The molecule has 6 saturated carbocycles. The number of hydrogen-bond donors (Lipinski definition) is 0. The predicted molar refractivity (Wildman–Crippen MR) is 383 cm³/mol. The summed E-state index contributed by atoms with van der Waals surface area (Å²) in [7, 11) is 0. The Morgan fingerprint density at radius 2 is 1.03 bits per heavy atom. The summed E-state index contributed by atoms with van der Waals surface area (Å²) < 4.78 is 18.1. The Balaban J connectivity index is 0.000000179. The highest BCUT2D eigenvalue weighted by atomic mass is 16.5. The van der Waals surface area contributed by atoms with Gasteiger partial charge in [-0.05, 0) is 285 Å². The average molecular weight is 1260 g/mol. The fourth-order valence-corrected chi connectivity index (χ4v) is 21.8. The summed E-state index contributed by atoms with van der Waals surface area (Å²) in [5, 5.41) is 13.5. The maximum absolute atomic E-state index is 13.4. The molecule has 0 bridgehead atoms. The largest absolute Gasteiger partial charge is 0.494 e. The zero-order chi connectivity index (χ0) is 65.2. The van der Waals surface area contributed by atoms with Crippen LogP contribution in [0.25, 0.3) is 21.5 Å². The van der Waals surface area contributed by atoms with Crippen molar-refractivity contribution in [3.8, 4) is 11.5 Å². The third-order valence-electron chi connectivity index (χ3n) is 27.0. The molecule has 0 amide bonds. The molecule has 7 heteroatoms. The number of hydrogen-bond acceptors (Lipinski definition) is 7. The normalized spacial score (nSPS) is 32.6. The molecule has 0 aliphatic heterocycles. The first kappa shape index (κ1) is 67.4. The van der Waals surface area contributed by atoms with Crippen molar-refractivity contribution < 1.29 is 23.8 Å². The van der Waals surface area contributed by atoms with Crippen molar-refractivity contribution in [3.05, 3.63) is 132 Å². The highest BCUT2D eigenvalue weighted by molar-refractivity contribution is 5.98. The molecule has 8 aliphatic carbocycles. The topological polar surface area (TPSA) is 86.6 Å². The van der Waals surface area contributed by atoms with Crippen molar-refractivity contribution in [3.63, 3.8) is 0 Å². The van der Waals surface area contributed by atoms with Gasteiger partial charge in [0.1, 0.15) is 17.6 Å². The van der Waals surface area contributed by atoms with Gasteiger partial charge in [-0.25, -0.2) is 0 Å². The van der Waals surface area contributed by atoms with Gasteiger partial charge in [0, 0.05) is 12.8 Å². The zero-order valence-electron chi connectivity index (χ0n) is 59.2. The third-order valence-corrected chi connectivity index (χ3v) is 27.0. The van der Waals surface area contributed by atoms with Gasteiger partial charge >= 0.3 is 11.9 Å². The molecule has 16 atom stereocenters. The standard InChI is InChI=1S/C45H60O3.C41H56N2O2/c1-30(2)10-8-11-31(3)40-19-20-41-39-18-16-36-29-38(21-23-44(36,4)42(39)22-24-45(40,41)5)48-43(46)14-9-25-47-37-17-15-34-26-32-12-6-7-13-33(32)27-35(34)28-37;1-27(2)8-7-9-29(4)36-20-21-37-35-19-12-31-26-30(22-24-40(31,5)38(35)23-25-41(36,37)6)39(44)45-34-17-15-33(16-18-34)43-42-32-13-10-28(3)11-14-32/h6-7,12-13,15-17,26-28,30-31,38-42H,8-11,14,18-25,29H2,1-5H3;10-18,27,29-30,35-38H,7-9,19-26H2,1-6H3. The van der Waals surface area contributed by atoms with Gasteiger partial charge in [0.2, 0.25) is 0 Å². The number of aryl methyl sites for hydroxylation is 1. The summed E-state index contributed by atoms with van der Waals surface area (Å²) >= 11 is 0. The maximum Gasteiger partial charge on any atom is 0.314 e. The van der Waals surface area contributed by atoms with Crippen LogP contribution in [-0.2, 0) is 14.3 Å². The first-order chi connectivity index (χ1) is 44.7. The highest BCUT2D eigenvalue weighted by Gasteiger charge is 2.61. The Labute approximate surface area is 560 Å². The van der Waals surface area contributed by atoms with E-state index in [2.05, 4.69) is 147 Å². The highest BCUT2D eigenvalue weighted by Crippen LogP contribution is 2.69. The molecule has 5 aromatic rings. The fraction of sp³-hybridized carbons (Fsp3) is 0.628. The van der Waals surface area contributed by atoms with Crippen LogP contribution < -0.4 is 9.47 Å². The Hall–Kier alpha value is -5.56. The second kappa shape index (κ2) is 28.6. The van der Waals surface area contributed by atoms with E-state index in [9.17, 15) is 9.59 Å². The van der Waals surface area contributed by atoms with Gasteiger partial charge in [0.15, 0.2) is 0 Å². The second-order valence-electron chi connectivity index (χ2n) is 33.5. The Morgan fingerprint density at radius 3 is 1.60 bits per heavy atom. The lowest BCUT2D eigenvalue weighted by Crippen LogP contribution is -2.51. The van der Waals surface area contributed by atoms with Crippen LogP contribution in [0.15, 0.2) is 137 Å². The quantitative estimate of drug-likeness (QED) is 0.0194. The van der Waals surface area contributed by atoms with Gasteiger partial charge in [0.05, 0.1) is 23.9 Å². The Morgan fingerprint density at radius 1 is 0.516 bits per heavy atom. The van der Waals surface area contributed by atoms with Crippen molar-refractivity contribution in [1.82, 2.24) is 0 Å². The SMILES string of the molecule is CC(C)CCCC(C)C1CCC2C3CC=C4CC(OC(=O)CCCOc5ccc6cc7ccccc7cc6c5)CCC4(C)C3CCC12C.Cc1ccc(N=Nc2ccc(OC(=O)C3CCC4(C)C(=CCC5C4CCC4(C)C(C(C)CCCC(C)C)CCC54)C3)cc2)cc1. The Bertz CT molecular complexity index is 3490. The van der Waals surface area contributed by atoms with Crippen molar-refractivity contribution in [1.29, 1.82) is 0 Å². The molecule has 7 nitrogen and oxygen atoms in total. The van der Waals surface area contributed by atoms with E-state index in [1.165, 1.54) is 130 Å². The van der Waals surface area contributed by atoms with Gasteiger partial charge in [-0.2, -0.15) is 10.2 Å². The van der Waals surface area contributed by atoms with Gasteiger partial charge in [0.25, 0.3) is 0 Å². The van der Waals surface area contributed by atoms with Gasteiger partial charge < -0.3 is 14.2 Å². The van der Waals surface area contributed by atoms with Gasteiger partial charge in [-0.1, -0.05) is 179 Å². The van der Waals surface area contributed by atoms with E-state index in [1.54, 1.807) is 11.1 Å². The van der Waals surface area contributed by atoms with Crippen molar-refractivity contribution >= 4 is 44.9 Å². The molecule has 0 N–H and O–H groups in total. The first-order valence-electron chi connectivity index (χ1n) is 37.6. The van der Waals surface area contributed by atoms with E-state index in [0.29, 0.717) is 36.0 Å². The van der Waals surface area contributed by atoms with Crippen LogP contribution in [0.1, 0.15) is 229 Å². The number of rotatable bonds is 20. The van der Waals surface area contributed by atoms with Crippen LogP contribution in [0.4, 0.5) is 11.4 Å². The molecule has 93 heavy (non-hydrogen) atoms. The minimum atomic E-state index is -0.0876. The molecule has 0 heterocycles. The lowest BCUT2D eigenvalue weighted by atomic mass is 9.46. The van der Waals surface area contributed by atoms with Crippen LogP contribution in [0.3, 0.4) is 0 Å². The van der Waals surface area contributed by atoms with Gasteiger partial charge in [-0.3, -0.25) is 9.59 Å². The third kappa shape index (κ3) is 14.5. The predicted octanol–water partition coefficient (Wildman–Crippen LogP) is 24.1. The molecule has 0 saturated heterocycles. The molecular formula is C86H116N2O5. The molecule has 500 valence electrons. The van der Waals surface area contributed by atoms with E-state index >= 15 is 0 Å². The molecule has 5 aromatic carbocycles. The monoisotopic (exact) mass is 1260 g/mol. The number of esters is 2. The van der Waals surface area contributed by atoms with E-state index in [-0.39, 0.29) is 34.8 Å². The summed E-state index contributed by atoms with van der Waals surface area (Å²) in [6.07, 6.45) is 34.4. The minimum absolute atomic E-state index is 0.0287. The van der Waals surface area contributed by atoms with Crippen LogP contribution in [0.2, 0.25) is 0 Å². The number of azo groups is 1. The lowest BCUT2D eigenvalue weighted by Gasteiger charge is -2.58. The number of carbonyl (C=O) groups is 2. The number of fused-ring (bicyclic) bond motifs is 12. The number of ether oxygens (including phenoxy) is 3. The molecule has 0 radical (unpaired) electrons. The lowest BCUT2D eigenvalue weighted by molar-refractivity contribution is -0.151. The van der Waals surface area contributed by atoms with Crippen molar-refractivity contribution in [2.24, 2.45) is 109 Å². The van der Waals surface area contributed by atoms with Gasteiger partial charge in [-0.15, -0.1) is 0 Å². The number of benzene rings is 5. The molecule has 0 aromatic heterocycles. The van der Waals surface area contributed by atoms with Crippen LogP contribution in [0, 0.1) is 106 Å². The zero-order valence-corrected chi connectivity index (χ0v) is 59.2. The second-order valence-corrected chi connectivity index (χ2v) is 33.5. The number of nitrogens with zero attached hydrogens (tertiary/aromatic N) is 2. The van der Waals surface area contributed by atoms with Crippen molar-refractivity contribution in [2.75, 3.05) is 6.61 Å². The number of allylic oxidation sites excluding steroid dienone is 3. The number of carbonyl (C=O) groups excluding carboxylic acids is 2. The molecule has 6 fully saturated rings. The van der Waals surface area contributed by atoms with Crippen LogP contribution >= 0.6 is 0 Å². The average Bonchev–Trinajstić information content (AvgIpc) is 1.71. The fourth-order valence-electron chi connectivity index (χ4n) is 21.8. The van der Waals surface area contributed by atoms with Crippen LogP contribution in [-0.4, -0.2) is 24.6 Å². The summed E-state index contributed by atoms with van der Waals surface area (Å²) in [6.45, 7) is 27.7. The smallest absolute Gasteiger partial charge is 0.314 e. The molecule has 8 aliphatic rings. The van der Waals surface area contributed by atoms with Crippen molar-refractivity contribution in [2.45, 2.75) is 236 Å². The van der Waals surface area contributed by atoms with Crippen LogP contribution in [0.5, 0.6) is 11.5 Å². The summed E-state index contributed by atoms with van der Waals surface area (Å²) in [6, 6.07) is 34.5. The van der Waals surface area contributed by atoms with E-state index < -0.39 is 0 Å². The summed E-state index contributed by atoms with van der Waals surface area (Å²) in [5.41, 5.74) is 7.47. The maximum atomic E-state index is 13.4. The van der Waals surface area contributed by atoms with E-state index in [1.807, 2.05) is 54.6 Å². The summed E-state index contributed by atoms with van der Waals surface area (Å²) in [5.74, 6) is 11.3. The molecule has 0 spiro atoms. The molecule has 13 rings (SSSR count). The minimum Gasteiger partial charge on any atom is -0.494 e. The van der Waals surface area contributed by atoms with E-state index in [0.717, 1.165) is 127 Å². The first-order valence-corrected chi connectivity index (χ1v) is 37.6. The molecular weight excluding hydrogens is 1140 g/mol.